The molecule has 0 saturated heterocycles. The minimum Gasteiger partial charge on any atom is -0.390 e. The number of benzene rings is 1. The molecule has 1 saturated carbocycles. The number of thiophene rings is 1. The Labute approximate surface area is 219 Å². The van der Waals surface area contributed by atoms with Crippen molar-refractivity contribution >= 4 is 38.4 Å². The lowest BCUT2D eigenvalue weighted by molar-refractivity contribution is 0.0693. The van der Waals surface area contributed by atoms with E-state index in [0.717, 1.165) is 61.4 Å². The van der Waals surface area contributed by atoms with Crippen LogP contribution in [0.15, 0.2) is 36.7 Å². The molecule has 0 radical (unpaired) electrons. The number of nitrogens with zero attached hydrogens (tertiary/aromatic N) is 3. The highest BCUT2D eigenvalue weighted by atomic mass is 32.1. The van der Waals surface area contributed by atoms with Crippen LogP contribution in [0, 0.1) is 0 Å². The maximum Gasteiger partial charge on any atom is 0.253 e. The molecule has 4 aromatic heterocycles. The zero-order valence-corrected chi connectivity index (χ0v) is 22.2. The molecule has 0 unspecified atom stereocenters. The molecular formula is C28H32N6O2S. The monoisotopic (exact) mass is 516 g/mol. The fourth-order valence-corrected chi connectivity index (χ4v) is 6.63. The molecular weight excluding hydrogens is 484 g/mol. The lowest BCUT2D eigenvalue weighted by Crippen LogP contribution is -2.38. The summed E-state index contributed by atoms with van der Waals surface area (Å²) >= 11 is 1.66. The summed E-state index contributed by atoms with van der Waals surface area (Å²) in [4.78, 5) is 20.1. The number of carbonyl (C=O) groups excluding carboxylic acids is 1. The molecule has 0 spiro atoms. The number of fused-ring (bicyclic) bond motifs is 2. The summed E-state index contributed by atoms with van der Waals surface area (Å²) in [5.74, 6) is 0.0344. The number of carbonyl (C=O) groups is 1. The number of rotatable bonds is 6. The van der Waals surface area contributed by atoms with Gasteiger partial charge in [-0.15, -0.1) is 11.3 Å². The maximum atomic E-state index is 13.6. The topological polar surface area (TPSA) is 114 Å². The average Bonchev–Trinajstić information content (AvgIpc) is 3.65. The van der Waals surface area contributed by atoms with Gasteiger partial charge in [0.2, 0.25) is 0 Å². The van der Waals surface area contributed by atoms with Crippen molar-refractivity contribution in [2.75, 3.05) is 7.05 Å². The molecule has 6 rings (SSSR count). The summed E-state index contributed by atoms with van der Waals surface area (Å²) in [7, 11) is 1.92. The molecule has 4 heterocycles. The fourth-order valence-electron chi connectivity index (χ4n) is 5.54. The minimum absolute atomic E-state index is 0.0344. The summed E-state index contributed by atoms with van der Waals surface area (Å²) < 4.78 is 1.06. The standard InChI is InChI=1S/C28H32N6O2S/c1-28(2,36)13-17-9-16(27(35)34(3)19-7-5-4-6-8-19)10-21-20(17)11-22(31-21)25-26-23(32-33-25)12-24(37-26)18-14-29-30-15-18/h9-12,14-15,19,31,36H,4-8,13H2,1-3H3,(H,29,30)(H,32,33). The van der Waals surface area contributed by atoms with Gasteiger partial charge in [-0.1, -0.05) is 19.3 Å². The van der Waals surface area contributed by atoms with Crippen molar-refractivity contribution < 1.29 is 9.90 Å². The van der Waals surface area contributed by atoms with E-state index in [2.05, 4.69) is 37.5 Å². The second kappa shape index (κ2) is 9.15. The van der Waals surface area contributed by atoms with E-state index in [1.165, 1.54) is 19.3 Å². The van der Waals surface area contributed by atoms with Gasteiger partial charge in [-0.25, -0.2) is 0 Å². The smallest absolute Gasteiger partial charge is 0.253 e. The molecule has 192 valence electrons. The van der Waals surface area contributed by atoms with Gasteiger partial charge in [0.15, 0.2) is 0 Å². The van der Waals surface area contributed by atoms with Crippen LogP contribution < -0.4 is 0 Å². The quantitative estimate of drug-likeness (QED) is 0.226. The number of aromatic amines is 3. The van der Waals surface area contributed by atoms with Crippen molar-refractivity contribution in [2.24, 2.45) is 0 Å². The van der Waals surface area contributed by atoms with Gasteiger partial charge in [-0.2, -0.15) is 10.2 Å². The van der Waals surface area contributed by atoms with E-state index in [9.17, 15) is 9.90 Å². The van der Waals surface area contributed by atoms with Crippen LogP contribution in [-0.2, 0) is 6.42 Å². The molecule has 0 aliphatic heterocycles. The zero-order chi connectivity index (χ0) is 25.7. The minimum atomic E-state index is -0.909. The highest BCUT2D eigenvalue weighted by Crippen LogP contribution is 2.39. The highest BCUT2D eigenvalue weighted by molar-refractivity contribution is 7.22. The van der Waals surface area contributed by atoms with Crippen LogP contribution in [0.2, 0.25) is 0 Å². The molecule has 0 bridgehead atoms. The third kappa shape index (κ3) is 4.57. The molecule has 1 aromatic carbocycles. The second-order valence-corrected chi connectivity index (χ2v) is 11.9. The number of H-pyrrole nitrogens is 3. The van der Waals surface area contributed by atoms with Crippen LogP contribution in [0.5, 0.6) is 0 Å². The van der Waals surface area contributed by atoms with Gasteiger partial charge in [-0.05, 0) is 56.5 Å². The highest BCUT2D eigenvalue weighted by Gasteiger charge is 2.26. The number of hydrogen-bond donors (Lipinski definition) is 4. The first-order valence-electron chi connectivity index (χ1n) is 12.9. The summed E-state index contributed by atoms with van der Waals surface area (Å²) in [5, 5.41) is 26.4. The largest absolute Gasteiger partial charge is 0.390 e. The molecule has 1 fully saturated rings. The van der Waals surface area contributed by atoms with Crippen LogP contribution >= 0.6 is 11.3 Å². The van der Waals surface area contributed by atoms with Gasteiger partial charge in [0.1, 0.15) is 5.69 Å². The Morgan fingerprint density at radius 2 is 1.97 bits per heavy atom. The summed E-state index contributed by atoms with van der Waals surface area (Å²) in [5.41, 5.74) is 5.29. The van der Waals surface area contributed by atoms with E-state index in [1.807, 2.05) is 36.5 Å². The number of hydrogen-bond acceptors (Lipinski definition) is 5. The number of aliphatic hydroxyl groups is 1. The fraction of sp³-hybridized carbons (Fsp3) is 0.393. The van der Waals surface area contributed by atoms with Crippen molar-refractivity contribution in [3.8, 4) is 21.8 Å². The molecule has 1 aliphatic carbocycles. The normalized spacial score (nSPS) is 15.1. The molecule has 37 heavy (non-hydrogen) atoms. The van der Waals surface area contributed by atoms with E-state index < -0.39 is 5.60 Å². The zero-order valence-electron chi connectivity index (χ0n) is 21.4. The van der Waals surface area contributed by atoms with Crippen LogP contribution in [0.1, 0.15) is 61.9 Å². The number of aromatic nitrogens is 5. The molecule has 1 aliphatic rings. The van der Waals surface area contributed by atoms with E-state index in [0.29, 0.717) is 12.0 Å². The SMILES string of the molecule is CN(C(=O)c1cc(CC(C)(C)O)c2cc(-c3n[nH]c4cc(-c5cn[nH]c5)sc34)[nH]c2c1)C1CCCCC1. The number of amides is 1. The van der Waals surface area contributed by atoms with Crippen LogP contribution in [0.25, 0.3) is 42.9 Å². The third-order valence-corrected chi connectivity index (χ3v) is 8.60. The van der Waals surface area contributed by atoms with Crippen molar-refractivity contribution in [3.63, 3.8) is 0 Å². The molecule has 5 aromatic rings. The van der Waals surface area contributed by atoms with Gasteiger partial charge in [-0.3, -0.25) is 15.0 Å². The Morgan fingerprint density at radius 3 is 2.70 bits per heavy atom. The van der Waals surface area contributed by atoms with Crippen molar-refractivity contribution in [2.45, 2.75) is 64.0 Å². The van der Waals surface area contributed by atoms with Gasteiger partial charge in [0.25, 0.3) is 5.91 Å². The molecule has 8 nitrogen and oxygen atoms in total. The van der Waals surface area contributed by atoms with Crippen LogP contribution in [0.4, 0.5) is 0 Å². The first-order chi connectivity index (χ1) is 17.8. The molecule has 1 amide bonds. The van der Waals surface area contributed by atoms with Crippen molar-refractivity contribution in [1.82, 2.24) is 30.3 Å². The van der Waals surface area contributed by atoms with Gasteiger partial charge in [0, 0.05) is 52.6 Å². The average molecular weight is 517 g/mol. The second-order valence-electron chi connectivity index (χ2n) is 10.9. The predicted octanol–water partition coefficient (Wildman–Crippen LogP) is 5.88. The maximum absolute atomic E-state index is 13.6. The van der Waals surface area contributed by atoms with Gasteiger partial charge in [0.05, 0.1) is 27.7 Å². The van der Waals surface area contributed by atoms with Crippen molar-refractivity contribution in [3.05, 3.63) is 47.8 Å². The Balaban J connectivity index is 1.42. The first-order valence-corrected chi connectivity index (χ1v) is 13.7. The van der Waals surface area contributed by atoms with E-state index in [1.54, 1.807) is 25.2 Å². The molecule has 4 N–H and O–H groups in total. The lowest BCUT2D eigenvalue weighted by Gasteiger charge is -2.31. The summed E-state index contributed by atoms with van der Waals surface area (Å²) in [6.45, 7) is 3.60. The van der Waals surface area contributed by atoms with Crippen LogP contribution in [0.3, 0.4) is 0 Å². The Morgan fingerprint density at radius 1 is 1.16 bits per heavy atom. The lowest BCUT2D eigenvalue weighted by atomic mass is 9.92. The van der Waals surface area contributed by atoms with Crippen LogP contribution in [-0.4, -0.2) is 60.0 Å². The summed E-state index contributed by atoms with van der Waals surface area (Å²) in [6, 6.07) is 8.37. The van der Waals surface area contributed by atoms with E-state index >= 15 is 0 Å². The van der Waals surface area contributed by atoms with Crippen molar-refractivity contribution in [1.29, 1.82) is 0 Å². The van der Waals surface area contributed by atoms with E-state index in [-0.39, 0.29) is 11.9 Å². The van der Waals surface area contributed by atoms with Gasteiger partial charge >= 0.3 is 0 Å². The Kier molecular flexibility index (Phi) is 5.92. The Hall–Kier alpha value is -3.43. The third-order valence-electron chi connectivity index (χ3n) is 7.41. The number of nitrogens with one attached hydrogen (secondary N) is 3. The first kappa shape index (κ1) is 23.9. The molecule has 0 atom stereocenters. The molecule has 9 heteroatoms. The summed E-state index contributed by atoms with van der Waals surface area (Å²) in [6.07, 6.45) is 9.85. The predicted molar refractivity (Wildman–Crippen MR) is 148 cm³/mol. The Bertz CT molecular complexity index is 1560. The van der Waals surface area contributed by atoms with Gasteiger partial charge < -0.3 is 15.0 Å². The van der Waals surface area contributed by atoms with E-state index in [4.69, 9.17) is 0 Å².